The zero-order valence-corrected chi connectivity index (χ0v) is 22.2. The lowest BCUT2D eigenvalue weighted by atomic mass is 9.96. The van der Waals surface area contributed by atoms with Gasteiger partial charge in [-0.3, -0.25) is 9.36 Å². The Morgan fingerprint density at radius 3 is 2.65 bits per heavy atom. The average Bonchev–Trinajstić information content (AvgIpc) is 3.17. The molecule has 0 N–H and O–H groups in total. The second-order valence-electron chi connectivity index (χ2n) is 7.97. The van der Waals surface area contributed by atoms with Gasteiger partial charge in [-0.15, -0.1) is 6.42 Å². The standard InChI is InChI=1S/C28H25ClN2O5S/c1-5-13-36-25-20(29)14-18(15-21(25)34-6-2)16-22-26(32)31-24(19-11-9-8-10-12-19)23(27(33)35-7-3)17(4)30-28(31)37-22/h1,8-12,14-16,24H,6-7,13H2,2-4H3/b22-16-/t24-/m1/s1. The molecular weight excluding hydrogens is 512 g/mol. The topological polar surface area (TPSA) is 79.1 Å². The highest BCUT2D eigenvalue weighted by molar-refractivity contribution is 7.07. The van der Waals surface area contributed by atoms with Crippen LogP contribution >= 0.6 is 22.9 Å². The Labute approximate surface area is 223 Å². The van der Waals surface area contributed by atoms with Gasteiger partial charge in [0.25, 0.3) is 5.56 Å². The van der Waals surface area contributed by atoms with E-state index in [1.54, 1.807) is 36.6 Å². The van der Waals surface area contributed by atoms with Crippen LogP contribution in [-0.2, 0) is 9.53 Å². The van der Waals surface area contributed by atoms with Crippen LogP contribution in [-0.4, -0.2) is 30.4 Å². The van der Waals surface area contributed by atoms with Gasteiger partial charge in [0.2, 0.25) is 0 Å². The van der Waals surface area contributed by atoms with Gasteiger partial charge in [-0.05, 0) is 50.1 Å². The number of hydrogen-bond acceptors (Lipinski definition) is 7. The average molecular weight is 537 g/mol. The predicted octanol–water partition coefficient (Wildman–Crippen LogP) is 3.86. The molecule has 0 unspecified atom stereocenters. The summed E-state index contributed by atoms with van der Waals surface area (Å²) in [7, 11) is 0. The van der Waals surface area contributed by atoms with Crippen LogP contribution in [0.25, 0.3) is 6.08 Å². The minimum Gasteiger partial charge on any atom is -0.490 e. The molecule has 37 heavy (non-hydrogen) atoms. The molecule has 2 heterocycles. The van der Waals surface area contributed by atoms with Gasteiger partial charge in [-0.1, -0.05) is 59.2 Å². The summed E-state index contributed by atoms with van der Waals surface area (Å²) >= 11 is 7.70. The number of aromatic nitrogens is 1. The third-order valence-corrected chi connectivity index (χ3v) is 6.83. The van der Waals surface area contributed by atoms with Gasteiger partial charge < -0.3 is 14.2 Å². The van der Waals surface area contributed by atoms with Gasteiger partial charge in [-0.25, -0.2) is 9.79 Å². The highest BCUT2D eigenvalue weighted by Crippen LogP contribution is 2.37. The predicted molar refractivity (Wildman–Crippen MR) is 144 cm³/mol. The van der Waals surface area contributed by atoms with Gasteiger partial charge in [-0.2, -0.15) is 0 Å². The van der Waals surface area contributed by atoms with Gasteiger partial charge in [0.1, 0.15) is 6.61 Å². The Balaban J connectivity index is 1.89. The van der Waals surface area contributed by atoms with Crippen LogP contribution in [0.5, 0.6) is 11.5 Å². The molecule has 4 rings (SSSR count). The van der Waals surface area contributed by atoms with Gasteiger partial charge in [0, 0.05) is 0 Å². The van der Waals surface area contributed by atoms with Gasteiger partial charge in [0.15, 0.2) is 16.3 Å². The van der Waals surface area contributed by atoms with Crippen LogP contribution in [0.2, 0.25) is 5.02 Å². The van der Waals surface area contributed by atoms with Crippen molar-refractivity contribution in [1.82, 2.24) is 4.57 Å². The van der Waals surface area contributed by atoms with Crippen molar-refractivity contribution in [1.29, 1.82) is 0 Å². The number of nitrogens with zero attached hydrogens (tertiary/aromatic N) is 2. The second kappa shape index (κ2) is 11.5. The van der Waals surface area contributed by atoms with E-state index in [0.29, 0.717) is 49.3 Å². The Kier molecular flexibility index (Phi) is 8.17. The molecule has 1 aliphatic rings. The van der Waals surface area contributed by atoms with E-state index in [2.05, 4.69) is 10.9 Å². The summed E-state index contributed by atoms with van der Waals surface area (Å²) in [4.78, 5) is 31.8. The van der Waals surface area contributed by atoms with Crippen molar-refractivity contribution >= 4 is 35.0 Å². The molecule has 0 radical (unpaired) electrons. The van der Waals surface area contributed by atoms with Crippen molar-refractivity contribution in [2.75, 3.05) is 19.8 Å². The van der Waals surface area contributed by atoms with Crippen molar-refractivity contribution in [2.24, 2.45) is 4.99 Å². The molecular formula is C28H25ClN2O5S. The van der Waals surface area contributed by atoms with E-state index in [1.807, 2.05) is 37.3 Å². The van der Waals surface area contributed by atoms with Crippen LogP contribution in [0.4, 0.5) is 0 Å². The van der Waals surface area contributed by atoms with Crippen molar-refractivity contribution < 1.29 is 19.0 Å². The van der Waals surface area contributed by atoms with E-state index in [9.17, 15) is 9.59 Å². The molecule has 7 nitrogen and oxygen atoms in total. The second-order valence-corrected chi connectivity index (χ2v) is 9.39. The molecule has 190 valence electrons. The summed E-state index contributed by atoms with van der Waals surface area (Å²) in [6, 6.07) is 12.1. The van der Waals surface area contributed by atoms with Crippen molar-refractivity contribution in [3.63, 3.8) is 0 Å². The highest BCUT2D eigenvalue weighted by atomic mass is 35.5. The number of halogens is 1. The molecule has 0 fully saturated rings. The van der Waals surface area contributed by atoms with Crippen LogP contribution in [0.15, 0.2) is 63.5 Å². The number of allylic oxidation sites excluding steroid dienone is 1. The molecule has 0 aliphatic carbocycles. The zero-order chi connectivity index (χ0) is 26.5. The first-order valence-corrected chi connectivity index (χ1v) is 12.9. The Bertz CT molecular complexity index is 1580. The molecule has 1 aliphatic heterocycles. The number of benzene rings is 2. The first kappa shape index (κ1) is 26.3. The number of thiazole rings is 1. The SMILES string of the molecule is C#CCOc1c(Cl)cc(/C=c2\sc3n(c2=O)[C@H](c2ccccc2)C(C(=O)OCC)=C(C)N=3)cc1OCC. The first-order chi connectivity index (χ1) is 17.9. The maximum absolute atomic E-state index is 13.7. The van der Waals surface area contributed by atoms with E-state index in [-0.39, 0.29) is 18.8 Å². The summed E-state index contributed by atoms with van der Waals surface area (Å²) in [5, 5.41) is 0.308. The molecule has 1 atom stereocenters. The fourth-order valence-corrected chi connectivity index (χ4v) is 5.40. The molecule has 0 saturated heterocycles. The smallest absolute Gasteiger partial charge is 0.338 e. The van der Waals surface area contributed by atoms with Crippen LogP contribution in [0, 0.1) is 12.3 Å². The lowest BCUT2D eigenvalue weighted by molar-refractivity contribution is -0.139. The van der Waals surface area contributed by atoms with E-state index in [4.69, 9.17) is 32.2 Å². The van der Waals surface area contributed by atoms with Gasteiger partial charge >= 0.3 is 5.97 Å². The number of terminal acetylenes is 1. The maximum Gasteiger partial charge on any atom is 0.338 e. The number of hydrogen-bond donors (Lipinski definition) is 0. The molecule has 3 aromatic rings. The minimum absolute atomic E-state index is 0.0410. The fraction of sp³-hybridized carbons (Fsp3) is 0.250. The molecule has 0 bridgehead atoms. The number of esters is 1. The number of fused-ring (bicyclic) bond motifs is 1. The van der Waals surface area contributed by atoms with Crippen molar-refractivity contribution in [3.8, 4) is 23.8 Å². The summed E-state index contributed by atoms with van der Waals surface area (Å²) in [5.74, 6) is 2.68. The molecule has 2 aromatic carbocycles. The quantitative estimate of drug-likeness (QED) is 0.323. The minimum atomic E-state index is -0.666. The Morgan fingerprint density at radius 1 is 1.22 bits per heavy atom. The molecule has 0 saturated carbocycles. The summed E-state index contributed by atoms with van der Waals surface area (Å²) in [5.41, 5.74) is 1.99. The third-order valence-electron chi connectivity index (χ3n) is 5.56. The van der Waals surface area contributed by atoms with E-state index in [0.717, 1.165) is 5.56 Å². The van der Waals surface area contributed by atoms with Crippen LogP contribution in [0.1, 0.15) is 37.9 Å². The molecule has 1 aromatic heterocycles. The van der Waals surface area contributed by atoms with Crippen molar-refractivity contribution in [2.45, 2.75) is 26.8 Å². The highest BCUT2D eigenvalue weighted by Gasteiger charge is 2.33. The summed E-state index contributed by atoms with van der Waals surface area (Å²) in [6.45, 7) is 5.98. The Morgan fingerprint density at radius 2 is 1.97 bits per heavy atom. The van der Waals surface area contributed by atoms with E-state index < -0.39 is 12.0 Å². The number of ether oxygens (including phenoxy) is 3. The zero-order valence-electron chi connectivity index (χ0n) is 20.6. The number of rotatable bonds is 8. The summed E-state index contributed by atoms with van der Waals surface area (Å²) in [6.07, 6.45) is 7.03. The van der Waals surface area contributed by atoms with Crippen molar-refractivity contribution in [3.05, 3.63) is 89.6 Å². The molecule has 0 spiro atoms. The summed E-state index contributed by atoms with van der Waals surface area (Å²) < 4.78 is 18.5. The van der Waals surface area contributed by atoms with Crippen LogP contribution < -0.4 is 24.4 Å². The number of carbonyl (C=O) groups is 1. The normalized spacial score (nSPS) is 15.0. The lowest BCUT2D eigenvalue weighted by Crippen LogP contribution is -2.39. The monoisotopic (exact) mass is 536 g/mol. The number of carbonyl (C=O) groups excluding carboxylic acids is 1. The van der Waals surface area contributed by atoms with Crippen LogP contribution in [0.3, 0.4) is 0 Å². The van der Waals surface area contributed by atoms with E-state index >= 15 is 0 Å². The maximum atomic E-state index is 13.7. The largest absolute Gasteiger partial charge is 0.490 e. The fourth-order valence-electron chi connectivity index (χ4n) is 4.08. The lowest BCUT2D eigenvalue weighted by Gasteiger charge is -2.24. The Hall–Kier alpha value is -3.80. The first-order valence-electron chi connectivity index (χ1n) is 11.7. The van der Waals surface area contributed by atoms with E-state index in [1.165, 1.54) is 11.3 Å². The third kappa shape index (κ3) is 5.33. The molecule has 9 heteroatoms. The van der Waals surface area contributed by atoms with Gasteiger partial charge in [0.05, 0.1) is 40.1 Å². The molecule has 0 amide bonds.